The average molecular weight is 299 g/mol. The third kappa shape index (κ3) is 2.88. The molecule has 0 aliphatic rings. The molecule has 3 rings (SSSR count). The van der Waals surface area contributed by atoms with Gasteiger partial charge in [-0.2, -0.15) is 5.10 Å². The highest BCUT2D eigenvalue weighted by Gasteiger charge is 2.16. The second-order valence-corrected chi connectivity index (χ2v) is 6.41. The number of aromatic nitrogens is 3. The van der Waals surface area contributed by atoms with Crippen molar-refractivity contribution in [2.45, 2.75) is 26.8 Å². The number of benzene rings is 1. The van der Waals surface area contributed by atoms with Crippen molar-refractivity contribution < 1.29 is 4.79 Å². The van der Waals surface area contributed by atoms with Crippen LogP contribution in [0.3, 0.4) is 0 Å². The van der Waals surface area contributed by atoms with Crippen molar-refractivity contribution in [3.8, 4) is 0 Å². The van der Waals surface area contributed by atoms with Crippen LogP contribution in [0.5, 0.6) is 0 Å². The van der Waals surface area contributed by atoms with E-state index in [0.717, 1.165) is 28.0 Å². The quantitative estimate of drug-likeness (QED) is 0.677. The van der Waals surface area contributed by atoms with E-state index >= 15 is 0 Å². The second kappa shape index (κ2) is 5.77. The molecule has 2 heterocycles. The molecule has 4 nitrogen and oxygen atoms in total. The number of thiophene rings is 1. The molecule has 0 spiro atoms. The number of fused-ring (bicyclic) bond motifs is 1. The number of hydrogen-bond donors (Lipinski definition) is 0. The van der Waals surface area contributed by atoms with Crippen LogP contribution in [0.2, 0.25) is 0 Å². The molecule has 0 amide bonds. The molecule has 0 unspecified atom stereocenters. The van der Waals surface area contributed by atoms with Crippen LogP contribution < -0.4 is 0 Å². The zero-order chi connectivity index (χ0) is 14.8. The number of carbonyl (C=O) groups is 1. The van der Waals surface area contributed by atoms with Crippen molar-refractivity contribution in [3.63, 3.8) is 0 Å². The lowest BCUT2D eigenvalue weighted by molar-refractivity contribution is 0.0991. The Bertz CT molecular complexity index is 773. The minimum Gasteiger partial charge on any atom is -0.294 e. The number of nitrogens with zero attached hydrogens (tertiary/aromatic N) is 3. The van der Waals surface area contributed by atoms with E-state index in [-0.39, 0.29) is 5.78 Å². The molecule has 108 valence electrons. The Morgan fingerprint density at radius 3 is 2.95 bits per heavy atom. The van der Waals surface area contributed by atoms with E-state index in [1.165, 1.54) is 6.33 Å². The van der Waals surface area contributed by atoms with Crippen LogP contribution in [-0.2, 0) is 13.0 Å². The fourth-order valence-electron chi connectivity index (χ4n) is 2.36. The summed E-state index contributed by atoms with van der Waals surface area (Å²) in [5, 5.41) is 7.18. The van der Waals surface area contributed by atoms with Crippen LogP contribution >= 0.6 is 11.3 Å². The lowest BCUT2D eigenvalue weighted by Crippen LogP contribution is -2.14. The van der Waals surface area contributed by atoms with Crippen LogP contribution in [0.1, 0.15) is 30.0 Å². The fraction of sp³-hybridized carbons (Fsp3) is 0.312. The minimum absolute atomic E-state index is 0.102. The van der Waals surface area contributed by atoms with Crippen molar-refractivity contribution in [1.29, 1.82) is 0 Å². The molecular weight excluding hydrogens is 282 g/mol. The molecule has 2 aromatic heterocycles. The number of rotatable bonds is 5. The molecule has 0 aliphatic carbocycles. The molecular formula is C16H17N3OS. The van der Waals surface area contributed by atoms with Crippen molar-refractivity contribution in [3.05, 3.63) is 47.4 Å². The largest absolute Gasteiger partial charge is 0.294 e. The Labute approximate surface area is 127 Å². The molecule has 0 atom stereocenters. The third-order valence-electron chi connectivity index (χ3n) is 3.33. The van der Waals surface area contributed by atoms with Crippen LogP contribution in [0, 0.1) is 5.92 Å². The summed E-state index contributed by atoms with van der Waals surface area (Å²) in [7, 11) is 0. The summed E-state index contributed by atoms with van der Waals surface area (Å²) in [6.45, 7) is 5.03. The SMILES string of the molecule is CC(C)Cn1ncnc1CC(=O)c1csc2ccccc12. The molecule has 0 bridgehead atoms. The molecule has 0 saturated carbocycles. The van der Waals surface area contributed by atoms with Gasteiger partial charge >= 0.3 is 0 Å². The summed E-state index contributed by atoms with van der Waals surface area (Å²) < 4.78 is 2.97. The smallest absolute Gasteiger partial charge is 0.171 e. The number of carbonyl (C=O) groups excluding carboxylic acids is 1. The van der Waals surface area contributed by atoms with Crippen molar-refractivity contribution in [2.75, 3.05) is 0 Å². The molecule has 1 aromatic carbocycles. The van der Waals surface area contributed by atoms with Crippen LogP contribution in [0.15, 0.2) is 36.0 Å². The zero-order valence-electron chi connectivity index (χ0n) is 12.1. The third-order valence-corrected chi connectivity index (χ3v) is 4.30. The lowest BCUT2D eigenvalue weighted by Gasteiger charge is -2.07. The number of Topliss-reactive ketones (excluding diaryl/α,β-unsaturated/α-hetero) is 1. The van der Waals surface area contributed by atoms with Gasteiger partial charge in [-0.15, -0.1) is 11.3 Å². The predicted molar refractivity (Wildman–Crippen MR) is 84.7 cm³/mol. The summed E-state index contributed by atoms with van der Waals surface area (Å²) in [4.78, 5) is 16.8. The molecule has 0 radical (unpaired) electrons. The van der Waals surface area contributed by atoms with Gasteiger partial charge in [-0.25, -0.2) is 9.67 Å². The first-order chi connectivity index (χ1) is 10.1. The standard InChI is InChI=1S/C16H17N3OS/c1-11(2)8-19-16(17-10-18-19)7-14(20)13-9-21-15-6-4-3-5-12(13)15/h3-6,9-11H,7-8H2,1-2H3. The molecule has 0 fully saturated rings. The fourth-order valence-corrected chi connectivity index (χ4v) is 3.32. The highest BCUT2D eigenvalue weighted by molar-refractivity contribution is 7.17. The highest BCUT2D eigenvalue weighted by Crippen LogP contribution is 2.26. The Morgan fingerprint density at radius 1 is 1.33 bits per heavy atom. The molecule has 0 aliphatic heterocycles. The number of ketones is 1. The zero-order valence-corrected chi connectivity index (χ0v) is 12.9. The van der Waals surface area contributed by atoms with Gasteiger partial charge in [0.15, 0.2) is 5.78 Å². The normalized spacial score (nSPS) is 11.4. The van der Waals surface area contributed by atoms with Gasteiger partial charge in [-0.3, -0.25) is 4.79 Å². The summed E-state index contributed by atoms with van der Waals surface area (Å²) >= 11 is 1.61. The van der Waals surface area contributed by atoms with E-state index in [2.05, 4.69) is 23.9 Å². The first kappa shape index (κ1) is 13.9. The Morgan fingerprint density at radius 2 is 2.14 bits per heavy atom. The van der Waals surface area contributed by atoms with E-state index in [9.17, 15) is 4.79 Å². The van der Waals surface area contributed by atoms with Gasteiger partial charge in [0.25, 0.3) is 0 Å². The van der Waals surface area contributed by atoms with Gasteiger partial charge in [0.2, 0.25) is 0 Å². The minimum atomic E-state index is 0.102. The Hall–Kier alpha value is -2.01. The summed E-state index contributed by atoms with van der Waals surface area (Å²) in [5.74, 6) is 1.32. The summed E-state index contributed by atoms with van der Waals surface area (Å²) in [6, 6.07) is 8.00. The van der Waals surface area contributed by atoms with Crippen LogP contribution in [-0.4, -0.2) is 20.5 Å². The van der Waals surface area contributed by atoms with Crippen molar-refractivity contribution in [1.82, 2.24) is 14.8 Å². The maximum Gasteiger partial charge on any atom is 0.171 e. The first-order valence-electron chi connectivity index (χ1n) is 7.01. The average Bonchev–Trinajstić information content (AvgIpc) is 3.05. The van der Waals surface area contributed by atoms with E-state index < -0.39 is 0 Å². The Kier molecular flexibility index (Phi) is 3.84. The second-order valence-electron chi connectivity index (χ2n) is 5.50. The van der Waals surface area contributed by atoms with Gasteiger partial charge in [0, 0.05) is 27.6 Å². The van der Waals surface area contributed by atoms with E-state index in [0.29, 0.717) is 12.3 Å². The number of hydrogen-bond acceptors (Lipinski definition) is 4. The highest BCUT2D eigenvalue weighted by atomic mass is 32.1. The summed E-state index contributed by atoms with van der Waals surface area (Å²) in [5.41, 5.74) is 0.787. The van der Waals surface area contributed by atoms with Crippen molar-refractivity contribution >= 4 is 27.2 Å². The van der Waals surface area contributed by atoms with Gasteiger partial charge in [-0.05, 0) is 12.0 Å². The monoisotopic (exact) mass is 299 g/mol. The topological polar surface area (TPSA) is 47.8 Å². The first-order valence-corrected chi connectivity index (χ1v) is 7.89. The molecule has 0 saturated heterocycles. The van der Waals surface area contributed by atoms with E-state index in [1.807, 2.05) is 34.3 Å². The van der Waals surface area contributed by atoms with Gasteiger partial charge in [-0.1, -0.05) is 32.0 Å². The van der Waals surface area contributed by atoms with Gasteiger partial charge < -0.3 is 0 Å². The van der Waals surface area contributed by atoms with E-state index in [4.69, 9.17) is 0 Å². The molecule has 21 heavy (non-hydrogen) atoms. The molecule has 3 aromatic rings. The van der Waals surface area contributed by atoms with Crippen LogP contribution in [0.25, 0.3) is 10.1 Å². The Balaban J connectivity index is 1.85. The maximum atomic E-state index is 12.6. The maximum absolute atomic E-state index is 12.6. The molecule has 5 heteroatoms. The van der Waals surface area contributed by atoms with Crippen molar-refractivity contribution in [2.24, 2.45) is 5.92 Å². The molecule has 0 N–H and O–H groups in total. The van der Waals surface area contributed by atoms with E-state index in [1.54, 1.807) is 11.3 Å². The summed E-state index contributed by atoms with van der Waals surface area (Å²) in [6.07, 6.45) is 1.82. The lowest BCUT2D eigenvalue weighted by atomic mass is 10.1. The van der Waals surface area contributed by atoms with Crippen LogP contribution in [0.4, 0.5) is 0 Å². The van der Waals surface area contributed by atoms with Gasteiger partial charge in [0.1, 0.15) is 12.2 Å². The predicted octanol–water partition coefficient (Wildman–Crippen LogP) is 3.57. The van der Waals surface area contributed by atoms with Gasteiger partial charge in [0.05, 0.1) is 6.42 Å².